The SMILES string of the molecule is CCN(CCNC(=NC)NCc1ccccc1)C1CC1. The fourth-order valence-corrected chi connectivity index (χ4v) is 2.36. The summed E-state index contributed by atoms with van der Waals surface area (Å²) in [5, 5.41) is 6.73. The Labute approximate surface area is 122 Å². The Morgan fingerprint density at radius 2 is 2.00 bits per heavy atom. The first-order chi connectivity index (χ1) is 9.83. The third-order valence-electron chi connectivity index (χ3n) is 3.69. The standard InChI is InChI=1S/C16H26N4/c1-3-20(15-9-10-15)12-11-18-16(17-2)19-13-14-7-5-4-6-8-14/h4-8,15H,3,9-13H2,1-2H3,(H2,17,18,19). The molecule has 1 saturated carbocycles. The molecule has 110 valence electrons. The lowest BCUT2D eigenvalue weighted by molar-refractivity contribution is 0.282. The van der Waals surface area contributed by atoms with Crippen molar-refractivity contribution in [3.63, 3.8) is 0 Å². The van der Waals surface area contributed by atoms with Crippen LogP contribution in [0.5, 0.6) is 0 Å². The molecule has 4 nitrogen and oxygen atoms in total. The van der Waals surface area contributed by atoms with E-state index in [0.29, 0.717) is 0 Å². The number of aliphatic imine (C=N–C) groups is 1. The Hall–Kier alpha value is -1.55. The number of nitrogens with zero attached hydrogens (tertiary/aromatic N) is 2. The normalized spacial score (nSPS) is 15.4. The average molecular weight is 274 g/mol. The van der Waals surface area contributed by atoms with Crippen LogP contribution in [-0.2, 0) is 6.54 Å². The quantitative estimate of drug-likeness (QED) is 0.589. The van der Waals surface area contributed by atoms with Crippen LogP contribution in [-0.4, -0.2) is 43.6 Å². The van der Waals surface area contributed by atoms with E-state index in [2.05, 4.69) is 51.7 Å². The topological polar surface area (TPSA) is 39.7 Å². The third-order valence-corrected chi connectivity index (χ3v) is 3.69. The first-order valence-corrected chi connectivity index (χ1v) is 7.56. The van der Waals surface area contributed by atoms with E-state index >= 15 is 0 Å². The Balaban J connectivity index is 1.67. The van der Waals surface area contributed by atoms with Crippen LogP contribution in [0.25, 0.3) is 0 Å². The molecule has 0 saturated heterocycles. The Morgan fingerprint density at radius 1 is 1.25 bits per heavy atom. The molecule has 4 heteroatoms. The first-order valence-electron chi connectivity index (χ1n) is 7.56. The maximum atomic E-state index is 4.26. The fraction of sp³-hybridized carbons (Fsp3) is 0.562. The van der Waals surface area contributed by atoms with Crippen molar-refractivity contribution in [3.8, 4) is 0 Å². The second kappa shape index (κ2) is 7.90. The van der Waals surface area contributed by atoms with Gasteiger partial charge in [0.1, 0.15) is 0 Å². The summed E-state index contributed by atoms with van der Waals surface area (Å²) in [5.41, 5.74) is 1.27. The lowest BCUT2D eigenvalue weighted by Crippen LogP contribution is -2.41. The van der Waals surface area contributed by atoms with Gasteiger partial charge in [0, 0.05) is 32.7 Å². The summed E-state index contributed by atoms with van der Waals surface area (Å²) in [6.45, 7) is 6.22. The van der Waals surface area contributed by atoms with Gasteiger partial charge in [-0.15, -0.1) is 0 Å². The highest BCUT2D eigenvalue weighted by Gasteiger charge is 2.27. The van der Waals surface area contributed by atoms with Crippen LogP contribution in [0.3, 0.4) is 0 Å². The molecular formula is C16H26N4. The number of hydrogen-bond acceptors (Lipinski definition) is 2. The molecule has 20 heavy (non-hydrogen) atoms. The largest absolute Gasteiger partial charge is 0.355 e. The molecule has 1 aliphatic rings. The predicted molar refractivity (Wildman–Crippen MR) is 84.9 cm³/mol. The van der Waals surface area contributed by atoms with Crippen molar-refractivity contribution in [1.29, 1.82) is 0 Å². The third kappa shape index (κ3) is 4.85. The van der Waals surface area contributed by atoms with Crippen LogP contribution < -0.4 is 10.6 Å². The van der Waals surface area contributed by atoms with Crippen LogP contribution in [0.1, 0.15) is 25.3 Å². The van der Waals surface area contributed by atoms with E-state index in [-0.39, 0.29) is 0 Å². The first kappa shape index (κ1) is 14.9. The molecule has 2 N–H and O–H groups in total. The zero-order chi connectivity index (χ0) is 14.2. The van der Waals surface area contributed by atoms with Crippen molar-refractivity contribution in [2.24, 2.45) is 4.99 Å². The molecule has 0 heterocycles. The van der Waals surface area contributed by atoms with Gasteiger partial charge in [-0.25, -0.2) is 0 Å². The summed E-state index contributed by atoms with van der Waals surface area (Å²) in [6, 6.07) is 11.2. The van der Waals surface area contributed by atoms with E-state index in [4.69, 9.17) is 0 Å². The Bertz CT molecular complexity index is 412. The fourth-order valence-electron chi connectivity index (χ4n) is 2.36. The lowest BCUT2D eigenvalue weighted by atomic mass is 10.2. The molecule has 0 aliphatic heterocycles. The van der Waals surface area contributed by atoms with Crippen LogP contribution in [0, 0.1) is 0 Å². The van der Waals surface area contributed by atoms with E-state index in [9.17, 15) is 0 Å². The molecule has 1 aliphatic carbocycles. The summed E-state index contributed by atoms with van der Waals surface area (Å²) in [5.74, 6) is 0.876. The monoisotopic (exact) mass is 274 g/mol. The molecule has 0 aromatic heterocycles. The van der Waals surface area contributed by atoms with Gasteiger partial charge in [0.05, 0.1) is 0 Å². The van der Waals surface area contributed by atoms with Gasteiger partial charge in [0.25, 0.3) is 0 Å². The molecule has 0 atom stereocenters. The van der Waals surface area contributed by atoms with Crippen molar-refractivity contribution in [1.82, 2.24) is 15.5 Å². The van der Waals surface area contributed by atoms with Gasteiger partial charge in [0.15, 0.2) is 5.96 Å². The molecule has 2 rings (SSSR count). The number of likely N-dealkylation sites (N-methyl/N-ethyl adjacent to an activating group) is 1. The van der Waals surface area contributed by atoms with Gasteiger partial charge in [-0.2, -0.15) is 0 Å². The molecule has 0 spiro atoms. The minimum absolute atomic E-state index is 0.806. The average Bonchev–Trinajstić information content (AvgIpc) is 3.32. The maximum absolute atomic E-state index is 4.26. The van der Waals surface area contributed by atoms with E-state index in [1.54, 1.807) is 0 Å². The van der Waals surface area contributed by atoms with Crippen LogP contribution >= 0.6 is 0 Å². The van der Waals surface area contributed by atoms with Crippen molar-refractivity contribution < 1.29 is 0 Å². The number of benzene rings is 1. The van der Waals surface area contributed by atoms with E-state index in [1.165, 1.54) is 18.4 Å². The van der Waals surface area contributed by atoms with Crippen molar-refractivity contribution in [2.75, 3.05) is 26.7 Å². The summed E-state index contributed by atoms with van der Waals surface area (Å²) in [6.07, 6.45) is 2.74. The Kier molecular flexibility index (Phi) is 5.87. The zero-order valence-corrected chi connectivity index (χ0v) is 12.6. The van der Waals surface area contributed by atoms with E-state index < -0.39 is 0 Å². The van der Waals surface area contributed by atoms with Crippen LogP contribution in [0.4, 0.5) is 0 Å². The highest BCUT2D eigenvalue weighted by molar-refractivity contribution is 5.79. The molecule has 1 aromatic carbocycles. The number of nitrogens with one attached hydrogen (secondary N) is 2. The summed E-state index contributed by atoms with van der Waals surface area (Å²) >= 11 is 0. The van der Waals surface area contributed by atoms with Crippen molar-refractivity contribution >= 4 is 5.96 Å². The van der Waals surface area contributed by atoms with Crippen LogP contribution in [0.2, 0.25) is 0 Å². The molecule has 0 amide bonds. The smallest absolute Gasteiger partial charge is 0.191 e. The molecule has 0 radical (unpaired) electrons. The second-order valence-corrected chi connectivity index (χ2v) is 5.20. The molecule has 0 unspecified atom stereocenters. The minimum atomic E-state index is 0.806. The maximum Gasteiger partial charge on any atom is 0.191 e. The number of hydrogen-bond donors (Lipinski definition) is 2. The van der Waals surface area contributed by atoms with Gasteiger partial charge < -0.3 is 10.6 Å². The van der Waals surface area contributed by atoms with E-state index in [0.717, 1.165) is 38.2 Å². The van der Waals surface area contributed by atoms with E-state index in [1.807, 2.05) is 13.1 Å². The Morgan fingerprint density at radius 3 is 2.60 bits per heavy atom. The number of rotatable bonds is 7. The van der Waals surface area contributed by atoms with Gasteiger partial charge in [-0.3, -0.25) is 9.89 Å². The van der Waals surface area contributed by atoms with Gasteiger partial charge in [-0.05, 0) is 24.9 Å². The predicted octanol–water partition coefficient (Wildman–Crippen LogP) is 1.84. The summed E-state index contributed by atoms with van der Waals surface area (Å²) < 4.78 is 0. The molecular weight excluding hydrogens is 248 g/mol. The van der Waals surface area contributed by atoms with Crippen LogP contribution in [0.15, 0.2) is 35.3 Å². The van der Waals surface area contributed by atoms with Gasteiger partial charge >= 0.3 is 0 Å². The molecule has 0 bridgehead atoms. The van der Waals surface area contributed by atoms with Crippen molar-refractivity contribution in [2.45, 2.75) is 32.4 Å². The summed E-state index contributed by atoms with van der Waals surface area (Å²) in [4.78, 5) is 6.80. The van der Waals surface area contributed by atoms with Crippen molar-refractivity contribution in [3.05, 3.63) is 35.9 Å². The van der Waals surface area contributed by atoms with Gasteiger partial charge in [0.2, 0.25) is 0 Å². The molecule has 1 fully saturated rings. The highest BCUT2D eigenvalue weighted by atomic mass is 15.2. The second-order valence-electron chi connectivity index (χ2n) is 5.20. The zero-order valence-electron chi connectivity index (χ0n) is 12.6. The summed E-state index contributed by atoms with van der Waals surface area (Å²) in [7, 11) is 1.82. The highest BCUT2D eigenvalue weighted by Crippen LogP contribution is 2.25. The van der Waals surface area contributed by atoms with Gasteiger partial charge in [-0.1, -0.05) is 37.3 Å². The number of guanidine groups is 1. The molecule has 1 aromatic rings. The minimum Gasteiger partial charge on any atom is -0.355 e. The lowest BCUT2D eigenvalue weighted by Gasteiger charge is -2.20.